The molecule has 0 unspecified atom stereocenters. The zero-order valence-electron chi connectivity index (χ0n) is 28.2. The number of phenols is 1. The molecule has 3 heterocycles. The number of carbonyl (C=O) groups is 4. The Balaban J connectivity index is 1.29. The standard InChI is InChI=1S/C38H28BCl2F3N4O7/c40-22-8-6-19(7-9-22)37-28(34(51)48(36(37)53)46-32-29(41)14-20(17-45-32)38(42,43)44)16-27-25(31(37)18-4-10-24(49)11-5-18)12-13-26-30(27)35(52)47(33(26)50)23-3-1-2-21(15-23)39(54)55/h1-12,14-15,17,26-28,30-31,49,54-55H,13,16H2,(H,45,46)/t26-,27+,28-,30-,31-,37+/m0/s1. The molecule has 2 aliphatic heterocycles. The molecule has 17 heteroatoms. The van der Waals surface area contributed by atoms with Crippen molar-refractivity contribution in [1.29, 1.82) is 0 Å². The molecule has 0 spiro atoms. The number of anilines is 2. The van der Waals surface area contributed by atoms with Crippen molar-refractivity contribution in [1.82, 2.24) is 9.99 Å². The van der Waals surface area contributed by atoms with Gasteiger partial charge in [-0.05, 0) is 77.8 Å². The third-order valence-electron chi connectivity index (χ3n) is 11.2. The lowest BCUT2D eigenvalue weighted by molar-refractivity contribution is -0.139. The van der Waals surface area contributed by atoms with Crippen LogP contribution in [-0.2, 0) is 30.8 Å². The number of rotatable bonds is 6. The summed E-state index contributed by atoms with van der Waals surface area (Å²) in [6.45, 7) is 0. The van der Waals surface area contributed by atoms with Crippen LogP contribution in [0.4, 0.5) is 24.7 Å². The van der Waals surface area contributed by atoms with Crippen molar-refractivity contribution in [2.75, 3.05) is 10.3 Å². The van der Waals surface area contributed by atoms with Gasteiger partial charge in [0.15, 0.2) is 5.82 Å². The number of phenolic OH excluding ortho intramolecular Hbond substituents is 1. The van der Waals surface area contributed by atoms with E-state index < -0.39 is 82.5 Å². The van der Waals surface area contributed by atoms with Gasteiger partial charge in [0.2, 0.25) is 11.8 Å². The second kappa shape index (κ2) is 13.2. The van der Waals surface area contributed by atoms with E-state index in [0.717, 1.165) is 4.90 Å². The van der Waals surface area contributed by atoms with Gasteiger partial charge in [0.1, 0.15) is 5.75 Å². The molecule has 0 bridgehead atoms. The van der Waals surface area contributed by atoms with E-state index in [9.17, 15) is 42.7 Å². The summed E-state index contributed by atoms with van der Waals surface area (Å²) in [5, 5.41) is 30.4. The number of nitrogens with one attached hydrogen (secondary N) is 1. The number of hydrazine groups is 1. The molecular formula is C38H28BCl2F3N4O7. The lowest BCUT2D eigenvalue weighted by Crippen LogP contribution is -2.53. The van der Waals surface area contributed by atoms with Gasteiger partial charge in [-0.3, -0.25) is 29.5 Å². The van der Waals surface area contributed by atoms with Gasteiger partial charge < -0.3 is 15.2 Å². The first kappa shape index (κ1) is 36.7. The maximum Gasteiger partial charge on any atom is 0.488 e. The Morgan fingerprint density at radius 1 is 0.891 bits per heavy atom. The van der Waals surface area contributed by atoms with Crippen molar-refractivity contribution in [3.05, 3.63) is 123 Å². The minimum Gasteiger partial charge on any atom is -0.508 e. The summed E-state index contributed by atoms with van der Waals surface area (Å²) in [4.78, 5) is 63.3. The number of hydrogen-bond acceptors (Lipinski definition) is 9. The number of alkyl halides is 3. The first-order chi connectivity index (χ1) is 26.1. The average Bonchev–Trinajstić information content (AvgIpc) is 3.53. The average molecular weight is 791 g/mol. The number of aromatic nitrogens is 1. The van der Waals surface area contributed by atoms with Gasteiger partial charge in [-0.15, -0.1) is 0 Å². The Bertz CT molecular complexity index is 2310. The number of allylic oxidation sites excluding steroid dienone is 2. The molecule has 55 heavy (non-hydrogen) atoms. The van der Waals surface area contributed by atoms with E-state index in [1.807, 2.05) is 6.08 Å². The Labute approximate surface area is 321 Å². The fourth-order valence-electron chi connectivity index (χ4n) is 8.90. The Hall–Kier alpha value is -5.22. The summed E-state index contributed by atoms with van der Waals surface area (Å²) in [5.74, 6) is -7.86. The first-order valence-corrected chi connectivity index (χ1v) is 17.8. The fraction of sp³-hybridized carbons (Fsp3) is 0.237. The minimum atomic E-state index is -4.77. The van der Waals surface area contributed by atoms with Gasteiger partial charge in [0.25, 0.3) is 11.8 Å². The van der Waals surface area contributed by atoms with Crippen molar-refractivity contribution >= 4 is 70.9 Å². The molecule has 6 atom stereocenters. The van der Waals surface area contributed by atoms with Crippen LogP contribution in [0.15, 0.2) is 96.7 Å². The van der Waals surface area contributed by atoms with E-state index >= 15 is 4.79 Å². The van der Waals surface area contributed by atoms with Crippen molar-refractivity contribution in [3.63, 3.8) is 0 Å². The maximum atomic E-state index is 15.2. The predicted molar refractivity (Wildman–Crippen MR) is 194 cm³/mol. The molecule has 4 N–H and O–H groups in total. The van der Waals surface area contributed by atoms with Gasteiger partial charge in [-0.25, -0.2) is 4.98 Å². The van der Waals surface area contributed by atoms with Crippen molar-refractivity contribution in [3.8, 4) is 5.75 Å². The number of carbonyl (C=O) groups excluding carboxylic acids is 4. The second-order valence-electron chi connectivity index (χ2n) is 14.0. The molecule has 4 aromatic rings. The van der Waals surface area contributed by atoms with Gasteiger partial charge in [0, 0.05) is 17.1 Å². The molecule has 3 fully saturated rings. The highest BCUT2D eigenvalue weighted by Crippen LogP contribution is 2.64. The van der Waals surface area contributed by atoms with E-state index in [1.165, 1.54) is 36.4 Å². The summed E-state index contributed by atoms with van der Waals surface area (Å²) in [7, 11) is -1.86. The van der Waals surface area contributed by atoms with Crippen LogP contribution >= 0.6 is 23.2 Å². The van der Waals surface area contributed by atoms with Crippen LogP contribution in [-0.4, -0.2) is 55.9 Å². The van der Waals surface area contributed by atoms with Crippen LogP contribution in [0.1, 0.15) is 35.4 Å². The van der Waals surface area contributed by atoms with E-state index in [2.05, 4.69) is 10.4 Å². The lowest BCUT2D eigenvalue weighted by atomic mass is 9.49. The molecule has 4 aliphatic rings. The minimum absolute atomic E-state index is 0.0647. The number of nitrogens with zero attached hydrogens (tertiary/aromatic N) is 3. The van der Waals surface area contributed by atoms with Crippen LogP contribution in [0.5, 0.6) is 5.75 Å². The van der Waals surface area contributed by atoms with E-state index in [-0.39, 0.29) is 35.6 Å². The quantitative estimate of drug-likeness (QED) is 0.120. The number of fused-ring (bicyclic) bond motifs is 4. The number of pyridine rings is 1. The molecule has 1 aromatic heterocycles. The van der Waals surface area contributed by atoms with Gasteiger partial charge in [-0.2, -0.15) is 18.2 Å². The molecule has 2 saturated heterocycles. The predicted octanol–water partition coefficient (Wildman–Crippen LogP) is 4.98. The Morgan fingerprint density at radius 2 is 1.60 bits per heavy atom. The van der Waals surface area contributed by atoms with Gasteiger partial charge in [-0.1, -0.05) is 71.2 Å². The highest BCUT2D eigenvalue weighted by molar-refractivity contribution is 6.58. The molecule has 0 radical (unpaired) electrons. The lowest BCUT2D eigenvalue weighted by Gasteiger charge is -2.50. The smallest absolute Gasteiger partial charge is 0.488 e. The fourth-order valence-corrected chi connectivity index (χ4v) is 9.24. The highest BCUT2D eigenvalue weighted by Gasteiger charge is 2.70. The van der Waals surface area contributed by atoms with Crippen LogP contribution in [0.2, 0.25) is 10.0 Å². The first-order valence-electron chi connectivity index (χ1n) is 17.1. The van der Waals surface area contributed by atoms with Crippen LogP contribution in [0, 0.1) is 23.7 Å². The van der Waals surface area contributed by atoms with E-state index in [0.29, 0.717) is 39.0 Å². The van der Waals surface area contributed by atoms with Crippen molar-refractivity contribution in [2.24, 2.45) is 23.7 Å². The molecule has 3 aromatic carbocycles. The summed E-state index contributed by atoms with van der Waals surface area (Å²) in [5.41, 5.74) is 1.39. The Morgan fingerprint density at radius 3 is 2.25 bits per heavy atom. The summed E-state index contributed by atoms with van der Waals surface area (Å²) < 4.78 is 40.3. The number of aromatic hydroxyl groups is 1. The second-order valence-corrected chi connectivity index (χ2v) is 14.8. The van der Waals surface area contributed by atoms with Crippen LogP contribution < -0.4 is 15.8 Å². The third-order valence-corrected chi connectivity index (χ3v) is 11.8. The normalized spacial score (nSPS) is 26.1. The number of hydrogen-bond donors (Lipinski definition) is 4. The van der Waals surface area contributed by atoms with Crippen LogP contribution in [0.3, 0.4) is 0 Å². The molecule has 2 aliphatic carbocycles. The van der Waals surface area contributed by atoms with Gasteiger partial charge >= 0.3 is 13.3 Å². The molecule has 4 amide bonds. The topological polar surface area (TPSA) is 160 Å². The molecule has 8 rings (SSSR count). The van der Waals surface area contributed by atoms with Crippen molar-refractivity contribution < 1.29 is 47.5 Å². The number of benzene rings is 3. The molecule has 280 valence electrons. The van der Waals surface area contributed by atoms with Crippen molar-refractivity contribution in [2.45, 2.75) is 30.4 Å². The number of halogens is 5. The summed E-state index contributed by atoms with van der Waals surface area (Å²) >= 11 is 12.5. The molecule has 1 saturated carbocycles. The molecule has 11 nitrogen and oxygen atoms in total. The molecular weight excluding hydrogens is 763 g/mol. The number of imide groups is 2. The zero-order chi connectivity index (χ0) is 39.1. The highest BCUT2D eigenvalue weighted by atomic mass is 35.5. The third kappa shape index (κ3) is 5.71. The summed E-state index contributed by atoms with van der Waals surface area (Å²) in [6.07, 6.45) is -2.42. The zero-order valence-corrected chi connectivity index (χ0v) is 29.8. The van der Waals surface area contributed by atoms with E-state index in [1.54, 1.807) is 36.4 Å². The SMILES string of the molecule is O=C1[C@@H]2C[C@@H]3C(=CC[C@@H]4C(=O)N(c5cccc(B(O)O)c5)C(=O)[C@@H]43)[C@H](c3ccc(O)cc3)[C@]2(c2ccc(Cl)cc2)C(=O)N1Nc1ncc(C(F)(F)F)cc1Cl. The number of amides is 4. The van der Waals surface area contributed by atoms with Crippen LogP contribution in [0.25, 0.3) is 0 Å². The maximum absolute atomic E-state index is 15.2. The van der Waals surface area contributed by atoms with E-state index in [4.69, 9.17) is 23.2 Å². The monoisotopic (exact) mass is 790 g/mol. The Kier molecular flexibility index (Phi) is 8.83. The summed E-state index contributed by atoms with van der Waals surface area (Å²) in [6, 6.07) is 18.8. The van der Waals surface area contributed by atoms with Gasteiger partial charge in [0.05, 0.1) is 39.4 Å². The largest absolute Gasteiger partial charge is 0.508 e.